The molecule has 0 aromatic heterocycles. The lowest BCUT2D eigenvalue weighted by Gasteiger charge is -2.18. The normalized spacial score (nSPS) is 16.6. The van der Waals surface area contributed by atoms with Crippen LogP contribution in [0.15, 0.2) is 0 Å². The molecule has 1 amide bonds. The lowest BCUT2D eigenvalue weighted by molar-refractivity contribution is -0.122. The molecule has 0 spiro atoms. The average Bonchev–Trinajstić information content (AvgIpc) is 2.16. The minimum Gasteiger partial charge on any atom is -0.354 e. The molecule has 0 aromatic rings. The van der Waals surface area contributed by atoms with Gasteiger partial charge in [-0.05, 0) is 25.7 Å². The van der Waals surface area contributed by atoms with E-state index in [4.69, 9.17) is 5.73 Å². The van der Waals surface area contributed by atoms with Crippen molar-refractivity contribution in [3.05, 3.63) is 0 Å². The Morgan fingerprint density at radius 3 is 2.44 bits per heavy atom. The van der Waals surface area contributed by atoms with E-state index in [1.165, 1.54) is 0 Å². The van der Waals surface area contributed by atoms with Crippen LogP contribution in [0.25, 0.3) is 0 Å². The second-order valence-electron chi connectivity index (χ2n) is 4.97. The maximum atomic E-state index is 11.6. The van der Waals surface area contributed by atoms with E-state index in [-0.39, 0.29) is 18.0 Å². The molecule has 0 saturated carbocycles. The second-order valence-corrected chi connectivity index (χ2v) is 4.97. The van der Waals surface area contributed by atoms with Gasteiger partial charge in [0.1, 0.15) is 0 Å². The van der Waals surface area contributed by atoms with E-state index in [9.17, 15) is 4.79 Å². The van der Waals surface area contributed by atoms with Crippen LogP contribution in [-0.4, -0.2) is 18.0 Å². The van der Waals surface area contributed by atoms with Gasteiger partial charge in [-0.15, -0.1) is 0 Å². The highest BCUT2D eigenvalue weighted by Gasteiger charge is 2.12. The Morgan fingerprint density at radius 1 is 1.31 bits per heavy atom. The highest BCUT2D eigenvalue weighted by Crippen LogP contribution is 2.09. The van der Waals surface area contributed by atoms with E-state index in [0.29, 0.717) is 12.3 Å². The molecule has 0 rings (SSSR count). The Balaban J connectivity index is 3.77. The number of nitrogens with two attached hydrogens (primary N) is 1. The third kappa shape index (κ3) is 7.69. The van der Waals surface area contributed by atoms with Gasteiger partial charge in [0.15, 0.2) is 0 Å². The summed E-state index contributed by atoms with van der Waals surface area (Å²) in [6, 6.07) is 0.275. The fourth-order valence-corrected chi connectivity index (χ4v) is 1.87. The number of carbonyl (C=O) groups is 1. The summed E-state index contributed by atoms with van der Waals surface area (Å²) >= 11 is 0. The van der Waals surface area contributed by atoms with Crippen LogP contribution in [0.1, 0.15) is 59.8 Å². The molecule has 96 valence electrons. The zero-order valence-corrected chi connectivity index (χ0v) is 11.3. The summed E-state index contributed by atoms with van der Waals surface area (Å²) in [7, 11) is 0. The van der Waals surface area contributed by atoms with Crippen molar-refractivity contribution in [3.8, 4) is 0 Å². The van der Waals surface area contributed by atoms with Gasteiger partial charge in [-0.1, -0.05) is 33.6 Å². The van der Waals surface area contributed by atoms with Gasteiger partial charge in [0, 0.05) is 18.5 Å². The molecule has 3 atom stereocenters. The number of hydrogen-bond acceptors (Lipinski definition) is 2. The molecule has 0 aliphatic carbocycles. The SMILES string of the molecule is CCCC(N)CC(=O)NC(C)CC(C)CC. The predicted molar refractivity (Wildman–Crippen MR) is 69.2 cm³/mol. The van der Waals surface area contributed by atoms with Crippen LogP contribution in [-0.2, 0) is 4.79 Å². The summed E-state index contributed by atoms with van der Waals surface area (Å²) in [6.45, 7) is 8.54. The fourth-order valence-electron chi connectivity index (χ4n) is 1.87. The van der Waals surface area contributed by atoms with Gasteiger partial charge in [-0.25, -0.2) is 0 Å². The molecule has 16 heavy (non-hydrogen) atoms. The third-order valence-corrected chi connectivity index (χ3v) is 2.97. The Hall–Kier alpha value is -0.570. The number of hydrogen-bond donors (Lipinski definition) is 2. The summed E-state index contributed by atoms with van der Waals surface area (Å²) in [6.07, 6.45) is 4.63. The molecule has 0 radical (unpaired) electrons. The van der Waals surface area contributed by atoms with Crippen molar-refractivity contribution in [2.24, 2.45) is 11.7 Å². The first-order valence-corrected chi connectivity index (χ1v) is 6.54. The van der Waals surface area contributed by atoms with Crippen molar-refractivity contribution in [2.45, 2.75) is 71.9 Å². The molecule has 3 nitrogen and oxygen atoms in total. The zero-order valence-electron chi connectivity index (χ0n) is 11.3. The monoisotopic (exact) mass is 228 g/mol. The molecule has 3 unspecified atom stereocenters. The third-order valence-electron chi connectivity index (χ3n) is 2.97. The van der Waals surface area contributed by atoms with Crippen LogP contribution in [0.4, 0.5) is 0 Å². The molecule has 0 aliphatic heterocycles. The van der Waals surface area contributed by atoms with Crippen LogP contribution < -0.4 is 11.1 Å². The summed E-state index contributed by atoms with van der Waals surface area (Å²) in [4.78, 5) is 11.6. The molecule has 0 aliphatic rings. The molecule has 3 N–H and O–H groups in total. The molecule has 0 saturated heterocycles. The van der Waals surface area contributed by atoms with E-state index in [0.717, 1.165) is 25.7 Å². The largest absolute Gasteiger partial charge is 0.354 e. The van der Waals surface area contributed by atoms with Gasteiger partial charge in [0.2, 0.25) is 5.91 Å². The van der Waals surface area contributed by atoms with Crippen molar-refractivity contribution in [1.82, 2.24) is 5.32 Å². The standard InChI is InChI=1S/C13H28N2O/c1-5-7-12(14)9-13(16)15-11(4)8-10(3)6-2/h10-12H,5-9,14H2,1-4H3,(H,15,16). The lowest BCUT2D eigenvalue weighted by atomic mass is 10.00. The van der Waals surface area contributed by atoms with Crippen molar-refractivity contribution in [3.63, 3.8) is 0 Å². The molecule has 0 aromatic carbocycles. The van der Waals surface area contributed by atoms with Crippen molar-refractivity contribution in [1.29, 1.82) is 0 Å². The first-order chi connectivity index (χ1) is 7.49. The highest BCUT2D eigenvalue weighted by atomic mass is 16.1. The summed E-state index contributed by atoms with van der Waals surface area (Å²) in [5, 5.41) is 3.02. The highest BCUT2D eigenvalue weighted by molar-refractivity contribution is 5.76. The first-order valence-electron chi connectivity index (χ1n) is 6.54. The van der Waals surface area contributed by atoms with Gasteiger partial charge < -0.3 is 11.1 Å². The van der Waals surface area contributed by atoms with E-state index in [2.05, 4.69) is 33.0 Å². The first kappa shape index (κ1) is 15.4. The predicted octanol–water partition coefficient (Wildman–Crippen LogP) is 2.44. The minimum absolute atomic E-state index is 0.0146. The van der Waals surface area contributed by atoms with E-state index in [1.807, 2.05) is 0 Å². The quantitative estimate of drug-likeness (QED) is 0.670. The van der Waals surface area contributed by atoms with Crippen molar-refractivity contribution in [2.75, 3.05) is 0 Å². The zero-order chi connectivity index (χ0) is 12.6. The Kier molecular flexibility index (Phi) is 8.26. The van der Waals surface area contributed by atoms with Crippen LogP contribution in [0.5, 0.6) is 0 Å². The van der Waals surface area contributed by atoms with Crippen LogP contribution in [0, 0.1) is 5.92 Å². The minimum atomic E-state index is 0.0146. The van der Waals surface area contributed by atoms with Gasteiger partial charge >= 0.3 is 0 Å². The molecular weight excluding hydrogens is 200 g/mol. The van der Waals surface area contributed by atoms with Crippen LogP contribution >= 0.6 is 0 Å². The number of carbonyl (C=O) groups excluding carboxylic acids is 1. The van der Waals surface area contributed by atoms with Gasteiger partial charge in [0.25, 0.3) is 0 Å². The van der Waals surface area contributed by atoms with Gasteiger partial charge in [-0.3, -0.25) is 4.79 Å². The summed E-state index contributed by atoms with van der Waals surface area (Å²) in [5.41, 5.74) is 5.83. The van der Waals surface area contributed by atoms with E-state index in [1.54, 1.807) is 0 Å². The molecule has 3 heteroatoms. The number of amides is 1. The topological polar surface area (TPSA) is 55.1 Å². The molecule has 0 heterocycles. The molecule has 0 fully saturated rings. The number of rotatable bonds is 8. The van der Waals surface area contributed by atoms with Gasteiger partial charge in [-0.2, -0.15) is 0 Å². The lowest BCUT2D eigenvalue weighted by Crippen LogP contribution is -2.37. The maximum Gasteiger partial charge on any atom is 0.221 e. The summed E-state index contributed by atoms with van der Waals surface area (Å²) < 4.78 is 0. The molecule has 0 bridgehead atoms. The summed E-state index contributed by atoms with van der Waals surface area (Å²) in [5.74, 6) is 0.761. The van der Waals surface area contributed by atoms with Crippen molar-refractivity contribution < 1.29 is 4.79 Å². The molecular formula is C13H28N2O. The van der Waals surface area contributed by atoms with E-state index >= 15 is 0 Å². The van der Waals surface area contributed by atoms with Crippen LogP contribution in [0.2, 0.25) is 0 Å². The van der Waals surface area contributed by atoms with Crippen LogP contribution in [0.3, 0.4) is 0 Å². The maximum absolute atomic E-state index is 11.6. The van der Waals surface area contributed by atoms with E-state index < -0.39 is 0 Å². The van der Waals surface area contributed by atoms with Gasteiger partial charge in [0.05, 0.1) is 0 Å². The smallest absolute Gasteiger partial charge is 0.221 e. The fraction of sp³-hybridized carbons (Fsp3) is 0.923. The Bertz CT molecular complexity index is 194. The number of nitrogens with one attached hydrogen (secondary N) is 1. The van der Waals surface area contributed by atoms with Crippen molar-refractivity contribution >= 4 is 5.91 Å². The second kappa shape index (κ2) is 8.57. The Labute approximate surface area is 100 Å². The Morgan fingerprint density at radius 2 is 1.94 bits per heavy atom. The average molecular weight is 228 g/mol.